The Morgan fingerprint density at radius 1 is 1.21 bits per heavy atom. The van der Waals surface area contributed by atoms with Gasteiger partial charge >= 0.3 is 0 Å². The second kappa shape index (κ2) is 7.04. The molecule has 0 amide bonds. The first kappa shape index (κ1) is 16.2. The van der Waals surface area contributed by atoms with E-state index in [9.17, 15) is 5.11 Å². The fraction of sp³-hybridized carbons (Fsp3) is 0.625. The molecule has 3 nitrogen and oxygen atoms in total. The van der Waals surface area contributed by atoms with Crippen LogP contribution in [0.1, 0.15) is 39.3 Å². The summed E-state index contributed by atoms with van der Waals surface area (Å²) >= 11 is 0. The van der Waals surface area contributed by atoms with Crippen LogP contribution in [-0.2, 0) is 4.74 Å². The Morgan fingerprint density at radius 3 is 2.32 bits per heavy atom. The summed E-state index contributed by atoms with van der Waals surface area (Å²) in [5.41, 5.74) is 1.05. The fourth-order valence-corrected chi connectivity index (χ4v) is 1.88. The number of hydrogen-bond acceptors (Lipinski definition) is 3. The molecule has 0 aromatic heterocycles. The molecule has 0 aliphatic heterocycles. The topological polar surface area (TPSA) is 32.7 Å². The highest BCUT2D eigenvalue weighted by Gasteiger charge is 2.18. The lowest BCUT2D eigenvalue weighted by Crippen LogP contribution is -2.36. The number of likely N-dealkylation sites (N-methyl/N-ethyl adjacent to an activating group) is 1. The van der Waals surface area contributed by atoms with Gasteiger partial charge < -0.3 is 9.84 Å². The molecule has 0 heterocycles. The SMILES string of the molecule is CC(c1ccccc1)N(C)CC(O)COC(C)(C)C. The first-order chi connectivity index (χ1) is 8.79. The number of benzene rings is 1. The number of nitrogens with zero attached hydrogens (tertiary/aromatic N) is 1. The van der Waals surface area contributed by atoms with E-state index in [4.69, 9.17) is 4.74 Å². The third-order valence-electron chi connectivity index (χ3n) is 3.15. The predicted octanol–water partition coefficient (Wildman–Crippen LogP) is 2.86. The molecule has 1 N–H and O–H groups in total. The van der Waals surface area contributed by atoms with Crippen molar-refractivity contribution in [3.63, 3.8) is 0 Å². The van der Waals surface area contributed by atoms with Crippen molar-refractivity contribution in [2.75, 3.05) is 20.2 Å². The summed E-state index contributed by atoms with van der Waals surface area (Å²) in [7, 11) is 2.03. The van der Waals surface area contributed by atoms with Crippen LogP contribution in [0.15, 0.2) is 30.3 Å². The van der Waals surface area contributed by atoms with E-state index in [0.717, 1.165) is 0 Å². The van der Waals surface area contributed by atoms with Crippen LogP contribution in [-0.4, -0.2) is 41.9 Å². The fourth-order valence-electron chi connectivity index (χ4n) is 1.88. The van der Waals surface area contributed by atoms with Crippen LogP contribution in [0.5, 0.6) is 0 Å². The Labute approximate surface area is 117 Å². The van der Waals surface area contributed by atoms with E-state index in [1.807, 2.05) is 46.0 Å². The molecule has 2 atom stereocenters. The first-order valence-corrected chi connectivity index (χ1v) is 6.87. The summed E-state index contributed by atoms with van der Waals surface area (Å²) in [4.78, 5) is 2.14. The normalized spacial score (nSPS) is 15.5. The molecule has 0 saturated heterocycles. The molecule has 0 saturated carbocycles. The van der Waals surface area contributed by atoms with Gasteiger partial charge in [0.25, 0.3) is 0 Å². The summed E-state index contributed by atoms with van der Waals surface area (Å²) in [5, 5.41) is 10.0. The van der Waals surface area contributed by atoms with Gasteiger partial charge in [-0.15, -0.1) is 0 Å². The van der Waals surface area contributed by atoms with Gasteiger partial charge in [0.2, 0.25) is 0 Å². The van der Waals surface area contributed by atoms with Gasteiger partial charge in [-0.05, 0) is 40.3 Å². The van der Waals surface area contributed by atoms with Gasteiger partial charge in [0.15, 0.2) is 0 Å². The lowest BCUT2D eigenvalue weighted by atomic mass is 10.1. The molecule has 0 aliphatic rings. The van der Waals surface area contributed by atoms with Gasteiger partial charge in [0, 0.05) is 12.6 Å². The number of aliphatic hydroxyl groups excluding tert-OH is 1. The number of hydrogen-bond donors (Lipinski definition) is 1. The zero-order valence-corrected chi connectivity index (χ0v) is 12.8. The van der Waals surface area contributed by atoms with Crippen LogP contribution in [0.2, 0.25) is 0 Å². The monoisotopic (exact) mass is 265 g/mol. The standard InChI is InChI=1S/C16H27NO2/c1-13(14-9-7-6-8-10-14)17(5)11-15(18)12-19-16(2,3)4/h6-10,13,15,18H,11-12H2,1-5H3. The first-order valence-electron chi connectivity index (χ1n) is 6.87. The quantitative estimate of drug-likeness (QED) is 0.858. The third kappa shape index (κ3) is 6.19. The van der Waals surface area contributed by atoms with Crippen LogP contribution in [0.3, 0.4) is 0 Å². The van der Waals surface area contributed by atoms with Crippen LogP contribution >= 0.6 is 0 Å². The van der Waals surface area contributed by atoms with Crippen LogP contribution in [0, 0.1) is 0 Å². The van der Waals surface area contributed by atoms with Crippen molar-refractivity contribution in [3.05, 3.63) is 35.9 Å². The predicted molar refractivity (Wildman–Crippen MR) is 79.2 cm³/mol. The Balaban J connectivity index is 2.44. The molecule has 3 heteroatoms. The third-order valence-corrected chi connectivity index (χ3v) is 3.15. The molecule has 19 heavy (non-hydrogen) atoms. The van der Waals surface area contributed by atoms with Gasteiger partial charge in [-0.3, -0.25) is 4.90 Å². The summed E-state index contributed by atoms with van der Waals surface area (Å²) in [6.45, 7) is 9.11. The summed E-state index contributed by atoms with van der Waals surface area (Å²) < 4.78 is 5.60. The second-order valence-electron chi connectivity index (χ2n) is 6.10. The van der Waals surface area contributed by atoms with Gasteiger partial charge in [-0.2, -0.15) is 0 Å². The molecule has 2 unspecified atom stereocenters. The molecule has 108 valence electrons. The molecular formula is C16H27NO2. The molecule has 0 radical (unpaired) electrons. The van der Waals surface area contributed by atoms with Crippen molar-refractivity contribution in [1.82, 2.24) is 4.90 Å². The lowest BCUT2D eigenvalue weighted by molar-refractivity contribution is -0.0566. The summed E-state index contributed by atoms with van der Waals surface area (Å²) in [5.74, 6) is 0. The molecule has 1 rings (SSSR count). The second-order valence-corrected chi connectivity index (χ2v) is 6.10. The van der Waals surface area contributed by atoms with E-state index >= 15 is 0 Å². The molecule has 0 spiro atoms. The van der Waals surface area contributed by atoms with Crippen molar-refractivity contribution < 1.29 is 9.84 Å². The van der Waals surface area contributed by atoms with Crippen LogP contribution in [0.4, 0.5) is 0 Å². The Morgan fingerprint density at radius 2 is 1.79 bits per heavy atom. The van der Waals surface area contributed by atoms with E-state index in [2.05, 4.69) is 24.0 Å². The van der Waals surface area contributed by atoms with Gasteiger partial charge in [-0.25, -0.2) is 0 Å². The smallest absolute Gasteiger partial charge is 0.0900 e. The van der Waals surface area contributed by atoms with Crippen molar-refractivity contribution in [2.45, 2.75) is 45.4 Å². The van der Waals surface area contributed by atoms with Crippen molar-refractivity contribution >= 4 is 0 Å². The minimum atomic E-state index is -0.463. The highest BCUT2D eigenvalue weighted by molar-refractivity contribution is 5.18. The Hall–Kier alpha value is -0.900. The number of ether oxygens (including phenoxy) is 1. The van der Waals surface area contributed by atoms with Crippen molar-refractivity contribution in [1.29, 1.82) is 0 Å². The average molecular weight is 265 g/mol. The minimum Gasteiger partial charge on any atom is -0.389 e. The van der Waals surface area contributed by atoms with E-state index in [1.54, 1.807) is 0 Å². The van der Waals surface area contributed by atoms with E-state index < -0.39 is 6.10 Å². The average Bonchev–Trinajstić information content (AvgIpc) is 2.35. The van der Waals surface area contributed by atoms with Gasteiger partial charge in [0.1, 0.15) is 0 Å². The van der Waals surface area contributed by atoms with Gasteiger partial charge in [-0.1, -0.05) is 30.3 Å². The van der Waals surface area contributed by atoms with E-state index in [0.29, 0.717) is 13.2 Å². The highest BCUT2D eigenvalue weighted by Crippen LogP contribution is 2.18. The summed E-state index contributed by atoms with van der Waals surface area (Å²) in [6.07, 6.45) is -0.463. The van der Waals surface area contributed by atoms with Gasteiger partial charge in [0.05, 0.1) is 18.3 Å². The maximum absolute atomic E-state index is 10.0. The minimum absolute atomic E-state index is 0.204. The van der Waals surface area contributed by atoms with Crippen LogP contribution < -0.4 is 0 Å². The lowest BCUT2D eigenvalue weighted by Gasteiger charge is -2.29. The molecule has 1 aromatic carbocycles. The zero-order chi connectivity index (χ0) is 14.5. The van der Waals surface area contributed by atoms with Crippen molar-refractivity contribution in [3.8, 4) is 0 Å². The Kier molecular flexibility index (Phi) is 5.98. The van der Waals surface area contributed by atoms with Crippen LogP contribution in [0.25, 0.3) is 0 Å². The molecule has 0 aliphatic carbocycles. The molecular weight excluding hydrogens is 238 g/mol. The maximum atomic E-state index is 10.0. The van der Waals surface area contributed by atoms with E-state index in [1.165, 1.54) is 5.56 Å². The maximum Gasteiger partial charge on any atom is 0.0900 e. The molecule has 1 aromatic rings. The van der Waals surface area contributed by atoms with E-state index in [-0.39, 0.29) is 11.6 Å². The molecule has 0 fully saturated rings. The Bertz CT molecular complexity index is 359. The molecule has 0 bridgehead atoms. The summed E-state index contributed by atoms with van der Waals surface area (Å²) in [6, 6.07) is 10.6. The number of rotatable bonds is 6. The number of aliphatic hydroxyl groups is 1. The van der Waals surface area contributed by atoms with Crippen molar-refractivity contribution in [2.24, 2.45) is 0 Å². The largest absolute Gasteiger partial charge is 0.389 e. The highest BCUT2D eigenvalue weighted by atomic mass is 16.5. The zero-order valence-electron chi connectivity index (χ0n) is 12.8.